The molecular weight excluding hydrogens is 277 g/mol. The van der Waals surface area contributed by atoms with E-state index in [-0.39, 0.29) is 6.04 Å². The van der Waals surface area contributed by atoms with Crippen LogP contribution in [0.2, 0.25) is 0 Å². The van der Waals surface area contributed by atoms with Gasteiger partial charge in [-0.1, -0.05) is 13.8 Å². The number of thioether (sulfide) groups is 1. The highest BCUT2D eigenvalue weighted by Crippen LogP contribution is 2.29. The molecule has 0 amide bonds. The van der Waals surface area contributed by atoms with Crippen molar-refractivity contribution < 1.29 is 18.3 Å². The number of aromatic nitrogens is 1. The highest BCUT2D eigenvalue weighted by atomic mass is 32.2. The molecule has 0 aliphatic rings. The van der Waals surface area contributed by atoms with Crippen LogP contribution in [0.3, 0.4) is 0 Å². The average Bonchev–Trinajstić information content (AvgIpc) is 2.33. The lowest BCUT2D eigenvalue weighted by Crippen LogP contribution is -2.33. The summed E-state index contributed by atoms with van der Waals surface area (Å²) in [5.41, 5.74) is -0.765. The van der Waals surface area contributed by atoms with Gasteiger partial charge >= 0.3 is 6.18 Å². The van der Waals surface area contributed by atoms with E-state index >= 15 is 0 Å². The van der Waals surface area contributed by atoms with Gasteiger partial charge in [-0.2, -0.15) is 13.2 Å². The van der Waals surface area contributed by atoms with Crippen molar-refractivity contribution in [1.82, 2.24) is 10.3 Å². The Morgan fingerprint density at radius 1 is 1.37 bits per heavy atom. The molecule has 0 aromatic carbocycles. The van der Waals surface area contributed by atoms with Gasteiger partial charge in [-0.15, -0.1) is 11.8 Å². The first-order chi connectivity index (χ1) is 8.79. The monoisotopic (exact) mass is 294 g/mol. The van der Waals surface area contributed by atoms with Crippen molar-refractivity contribution in [3.8, 4) is 0 Å². The summed E-state index contributed by atoms with van der Waals surface area (Å²) < 4.78 is 36.9. The first-order valence-electron chi connectivity index (χ1n) is 5.86. The second-order valence-corrected chi connectivity index (χ2v) is 5.45. The number of pyridine rings is 1. The Balaban J connectivity index is 2.42. The van der Waals surface area contributed by atoms with Crippen LogP contribution in [-0.2, 0) is 6.18 Å². The van der Waals surface area contributed by atoms with Crippen LogP contribution in [0.1, 0.15) is 19.4 Å². The smallest absolute Gasteiger partial charge is 0.391 e. The van der Waals surface area contributed by atoms with Gasteiger partial charge < -0.3 is 10.4 Å². The van der Waals surface area contributed by atoms with E-state index in [9.17, 15) is 18.3 Å². The summed E-state index contributed by atoms with van der Waals surface area (Å²) in [7, 11) is 0. The van der Waals surface area contributed by atoms with E-state index in [1.54, 1.807) is 0 Å². The predicted molar refractivity (Wildman–Crippen MR) is 69.1 cm³/mol. The number of nitrogens with zero attached hydrogens (tertiary/aromatic N) is 1. The van der Waals surface area contributed by atoms with Gasteiger partial charge in [0.2, 0.25) is 0 Å². The van der Waals surface area contributed by atoms with Crippen LogP contribution in [0, 0.1) is 0 Å². The molecule has 0 radical (unpaired) electrons. The van der Waals surface area contributed by atoms with Gasteiger partial charge in [0.15, 0.2) is 0 Å². The van der Waals surface area contributed by atoms with Crippen LogP contribution in [0.4, 0.5) is 13.2 Å². The zero-order chi connectivity index (χ0) is 14.5. The number of nitrogens with one attached hydrogen (secondary N) is 1. The highest BCUT2D eigenvalue weighted by molar-refractivity contribution is 7.99. The molecule has 108 valence electrons. The lowest BCUT2D eigenvalue weighted by atomic mass is 10.3. The molecule has 19 heavy (non-hydrogen) atoms. The number of hydrogen-bond acceptors (Lipinski definition) is 4. The molecule has 2 N–H and O–H groups in total. The summed E-state index contributed by atoms with van der Waals surface area (Å²) in [4.78, 5) is 3.72. The Bertz CT molecular complexity index is 382. The van der Waals surface area contributed by atoms with Gasteiger partial charge in [0.1, 0.15) is 0 Å². The Labute approximate surface area is 114 Å². The third-order valence-electron chi connectivity index (χ3n) is 2.25. The number of halogens is 3. The van der Waals surface area contributed by atoms with Crippen molar-refractivity contribution in [2.75, 3.05) is 12.3 Å². The summed E-state index contributed by atoms with van der Waals surface area (Å²) >= 11 is 1.23. The molecule has 0 spiro atoms. The molecule has 3 nitrogen and oxygen atoms in total. The standard InChI is InChI=1S/C12H17F3N2OS/c1-8(2)16-6-10(18)7-19-11-4-3-9(5-17-11)12(13,14)15/h3-5,8,10,16,18H,6-7H2,1-2H3. The highest BCUT2D eigenvalue weighted by Gasteiger charge is 2.30. The van der Waals surface area contributed by atoms with Crippen LogP contribution in [0.15, 0.2) is 23.4 Å². The van der Waals surface area contributed by atoms with Crippen molar-refractivity contribution in [3.63, 3.8) is 0 Å². The Morgan fingerprint density at radius 3 is 2.53 bits per heavy atom. The molecule has 0 saturated heterocycles. The molecule has 0 fully saturated rings. The summed E-state index contributed by atoms with van der Waals surface area (Å²) in [5.74, 6) is 0.387. The molecule has 1 atom stereocenters. The Morgan fingerprint density at radius 2 is 2.05 bits per heavy atom. The summed E-state index contributed by atoms with van der Waals surface area (Å²) in [6.07, 6.45) is -4.12. The van der Waals surface area contributed by atoms with E-state index in [0.717, 1.165) is 12.3 Å². The van der Waals surface area contributed by atoms with E-state index in [1.165, 1.54) is 17.8 Å². The Hall–Kier alpha value is -0.790. The molecule has 0 saturated carbocycles. The first-order valence-corrected chi connectivity index (χ1v) is 6.85. The maximum atomic E-state index is 12.3. The molecule has 0 aliphatic heterocycles. The van der Waals surface area contributed by atoms with Crippen molar-refractivity contribution in [1.29, 1.82) is 0 Å². The van der Waals surface area contributed by atoms with Crippen LogP contribution in [0.5, 0.6) is 0 Å². The van der Waals surface area contributed by atoms with Crippen LogP contribution in [0.25, 0.3) is 0 Å². The van der Waals surface area contributed by atoms with Crippen LogP contribution in [-0.4, -0.2) is 34.5 Å². The van der Waals surface area contributed by atoms with E-state index in [2.05, 4.69) is 10.3 Å². The number of hydrogen-bond donors (Lipinski definition) is 2. The van der Waals surface area contributed by atoms with Gasteiger partial charge in [0.05, 0.1) is 16.7 Å². The van der Waals surface area contributed by atoms with Gasteiger partial charge in [-0.25, -0.2) is 4.98 Å². The van der Waals surface area contributed by atoms with Crippen molar-refractivity contribution in [2.24, 2.45) is 0 Å². The summed E-state index contributed by atoms with van der Waals surface area (Å²) in [6.45, 7) is 4.39. The average molecular weight is 294 g/mol. The lowest BCUT2D eigenvalue weighted by Gasteiger charge is -2.13. The zero-order valence-electron chi connectivity index (χ0n) is 10.7. The van der Waals surface area contributed by atoms with Crippen LogP contribution >= 0.6 is 11.8 Å². The summed E-state index contributed by atoms with van der Waals surface area (Å²) in [5, 5.41) is 13.2. The minimum absolute atomic E-state index is 0.281. The van der Waals surface area contributed by atoms with Crippen molar-refractivity contribution in [2.45, 2.75) is 37.2 Å². The van der Waals surface area contributed by atoms with E-state index in [4.69, 9.17) is 0 Å². The SMILES string of the molecule is CC(C)NCC(O)CSc1ccc(C(F)(F)F)cn1. The minimum atomic E-state index is -4.36. The molecule has 1 aromatic rings. The number of aliphatic hydroxyl groups excluding tert-OH is 1. The normalized spacial score (nSPS) is 13.8. The second-order valence-electron chi connectivity index (χ2n) is 4.41. The summed E-state index contributed by atoms with van der Waals surface area (Å²) in [6, 6.07) is 2.59. The topological polar surface area (TPSA) is 45.1 Å². The van der Waals surface area contributed by atoms with Crippen molar-refractivity contribution >= 4 is 11.8 Å². The van der Waals surface area contributed by atoms with Gasteiger partial charge in [-0.05, 0) is 12.1 Å². The fourth-order valence-corrected chi connectivity index (χ4v) is 2.02. The molecule has 1 rings (SSSR count). The zero-order valence-corrected chi connectivity index (χ0v) is 11.6. The third-order valence-corrected chi connectivity index (χ3v) is 3.34. The van der Waals surface area contributed by atoms with Crippen LogP contribution < -0.4 is 5.32 Å². The van der Waals surface area contributed by atoms with Crippen molar-refractivity contribution in [3.05, 3.63) is 23.9 Å². The largest absolute Gasteiger partial charge is 0.417 e. The quantitative estimate of drug-likeness (QED) is 0.792. The maximum Gasteiger partial charge on any atom is 0.417 e. The molecule has 1 heterocycles. The minimum Gasteiger partial charge on any atom is -0.391 e. The van der Waals surface area contributed by atoms with E-state index < -0.39 is 17.8 Å². The fraction of sp³-hybridized carbons (Fsp3) is 0.583. The molecule has 1 unspecified atom stereocenters. The first kappa shape index (κ1) is 16.3. The van der Waals surface area contributed by atoms with E-state index in [1.807, 2.05) is 13.8 Å². The number of alkyl halides is 3. The third kappa shape index (κ3) is 6.26. The van der Waals surface area contributed by atoms with Gasteiger partial charge in [-0.3, -0.25) is 0 Å². The van der Waals surface area contributed by atoms with E-state index in [0.29, 0.717) is 17.3 Å². The maximum absolute atomic E-state index is 12.3. The predicted octanol–water partition coefficient (Wildman–Crippen LogP) is 2.55. The number of rotatable bonds is 6. The molecular formula is C12H17F3N2OS. The van der Waals surface area contributed by atoms with Gasteiger partial charge in [0, 0.05) is 24.5 Å². The molecule has 1 aromatic heterocycles. The molecule has 0 bridgehead atoms. The van der Waals surface area contributed by atoms with Gasteiger partial charge in [0.25, 0.3) is 0 Å². The second kappa shape index (κ2) is 7.12. The lowest BCUT2D eigenvalue weighted by molar-refractivity contribution is -0.137. The number of aliphatic hydroxyl groups is 1. The molecule has 0 aliphatic carbocycles. The molecule has 7 heteroatoms. The fourth-order valence-electron chi connectivity index (χ4n) is 1.25. The Kier molecular flexibility index (Phi) is 6.09.